The monoisotopic (exact) mass is 210 g/mol. The molecule has 1 saturated carbocycles. The van der Waals surface area contributed by atoms with E-state index in [1.807, 2.05) is 24.3 Å². The maximum atomic E-state index is 10.5. The molecule has 1 nitrogen and oxygen atoms in total. The van der Waals surface area contributed by atoms with Crippen LogP contribution < -0.4 is 0 Å². The molecule has 0 heterocycles. The van der Waals surface area contributed by atoms with Crippen molar-refractivity contribution in [2.75, 3.05) is 0 Å². The Labute approximate surface area is 89.7 Å². The zero-order chi connectivity index (χ0) is 10.2. The molecule has 14 heavy (non-hydrogen) atoms. The van der Waals surface area contributed by atoms with Crippen LogP contribution in [0.15, 0.2) is 24.3 Å². The van der Waals surface area contributed by atoms with E-state index in [0.29, 0.717) is 5.92 Å². The second kappa shape index (κ2) is 3.56. The fourth-order valence-electron chi connectivity index (χ4n) is 2.33. The summed E-state index contributed by atoms with van der Waals surface area (Å²) in [7, 11) is 0. The molecule has 1 aromatic rings. The van der Waals surface area contributed by atoms with Crippen LogP contribution in [0.2, 0.25) is 5.02 Å². The standard InChI is InChI=1S/C12H15ClO/c1-9-3-2-8-12(9,14)10-4-6-11(13)7-5-10/h4-7,9,14H,2-3,8H2,1H3/t9-,12-/m0/s1. The second-order valence-corrected chi connectivity index (χ2v) is 4.66. The third-order valence-electron chi connectivity index (χ3n) is 3.35. The second-order valence-electron chi connectivity index (χ2n) is 4.22. The van der Waals surface area contributed by atoms with Crippen molar-refractivity contribution in [1.82, 2.24) is 0 Å². The molecule has 0 radical (unpaired) electrons. The lowest BCUT2D eigenvalue weighted by molar-refractivity contribution is 0.00449. The minimum absolute atomic E-state index is 0.351. The Hall–Kier alpha value is -0.530. The molecular formula is C12H15ClO. The molecule has 0 saturated heterocycles. The maximum absolute atomic E-state index is 10.5. The molecule has 76 valence electrons. The third-order valence-corrected chi connectivity index (χ3v) is 3.61. The van der Waals surface area contributed by atoms with Crippen LogP contribution in [0.5, 0.6) is 0 Å². The van der Waals surface area contributed by atoms with E-state index in [-0.39, 0.29) is 0 Å². The van der Waals surface area contributed by atoms with Crippen molar-refractivity contribution in [2.45, 2.75) is 31.8 Å². The van der Waals surface area contributed by atoms with Gasteiger partial charge in [-0.25, -0.2) is 0 Å². The van der Waals surface area contributed by atoms with E-state index >= 15 is 0 Å². The lowest BCUT2D eigenvalue weighted by Gasteiger charge is -2.28. The van der Waals surface area contributed by atoms with Gasteiger partial charge in [-0.1, -0.05) is 30.7 Å². The average molecular weight is 211 g/mol. The Morgan fingerprint density at radius 3 is 2.50 bits per heavy atom. The Balaban J connectivity index is 2.34. The molecule has 0 aliphatic heterocycles. The van der Waals surface area contributed by atoms with Crippen LogP contribution in [-0.2, 0) is 5.60 Å². The molecule has 2 atom stereocenters. The molecule has 0 spiro atoms. The van der Waals surface area contributed by atoms with Crippen molar-refractivity contribution < 1.29 is 5.11 Å². The van der Waals surface area contributed by atoms with E-state index in [1.54, 1.807) is 0 Å². The van der Waals surface area contributed by atoms with Gasteiger partial charge in [0.05, 0.1) is 5.60 Å². The Bertz CT molecular complexity index is 320. The first-order valence-electron chi connectivity index (χ1n) is 5.11. The van der Waals surface area contributed by atoms with E-state index < -0.39 is 5.60 Å². The lowest BCUT2D eigenvalue weighted by Crippen LogP contribution is -2.28. The van der Waals surface area contributed by atoms with Gasteiger partial charge in [-0.3, -0.25) is 0 Å². The summed E-state index contributed by atoms with van der Waals surface area (Å²) < 4.78 is 0. The van der Waals surface area contributed by atoms with Crippen LogP contribution in [0.3, 0.4) is 0 Å². The average Bonchev–Trinajstić information content (AvgIpc) is 2.49. The van der Waals surface area contributed by atoms with Gasteiger partial charge in [0, 0.05) is 5.02 Å². The van der Waals surface area contributed by atoms with Gasteiger partial charge in [-0.05, 0) is 42.9 Å². The van der Waals surface area contributed by atoms with Crippen LogP contribution in [-0.4, -0.2) is 5.11 Å². The van der Waals surface area contributed by atoms with Gasteiger partial charge >= 0.3 is 0 Å². The number of benzene rings is 1. The summed E-state index contributed by atoms with van der Waals surface area (Å²) in [6.07, 6.45) is 3.09. The molecule has 1 fully saturated rings. The van der Waals surface area contributed by atoms with E-state index in [1.165, 1.54) is 0 Å². The van der Waals surface area contributed by atoms with Gasteiger partial charge in [0.25, 0.3) is 0 Å². The molecule has 0 aromatic heterocycles. The summed E-state index contributed by atoms with van der Waals surface area (Å²) in [5.41, 5.74) is 0.386. The van der Waals surface area contributed by atoms with E-state index in [0.717, 1.165) is 29.8 Å². The highest BCUT2D eigenvalue weighted by molar-refractivity contribution is 6.30. The molecule has 0 unspecified atom stereocenters. The minimum Gasteiger partial charge on any atom is -0.385 e. The van der Waals surface area contributed by atoms with Crippen molar-refractivity contribution in [2.24, 2.45) is 5.92 Å². The summed E-state index contributed by atoms with van der Waals surface area (Å²) in [4.78, 5) is 0. The summed E-state index contributed by atoms with van der Waals surface area (Å²) in [6.45, 7) is 2.11. The van der Waals surface area contributed by atoms with Crippen LogP contribution in [0.25, 0.3) is 0 Å². The van der Waals surface area contributed by atoms with Crippen molar-refractivity contribution in [3.8, 4) is 0 Å². The van der Waals surface area contributed by atoms with Crippen molar-refractivity contribution >= 4 is 11.6 Å². The number of hydrogen-bond donors (Lipinski definition) is 1. The lowest BCUT2D eigenvalue weighted by atomic mass is 9.85. The van der Waals surface area contributed by atoms with Gasteiger partial charge in [0.1, 0.15) is 0 Å². The minimum atomic E-state index is -0.620. The molecule has 2 heteroatoms. The fourth-order valence-corrected chi connectivity index (χ4v) is 2.46. The molecule has 1 aliphatic carbocycles. The van der Waals surface area contributed by atoms with E-state index in [2.05, 4.69) is 6.92 Å². The highest BCUT2D eigenvalue weighted by Crippen LogP contribution is 2.43. The molecule has 1 aromatic carbocycles. The number of rotatable bonds is 1. The predicted molar refractivity (Wildman–Crippen MR) is 58.4 cm³/mol. The largest absolute Gasteiger partial charge is 0.385 e. The van der Waals surface area contributed by atoms with Crippen LogP contribution in [0.1, 0.15) is 31.7 Å². The Kier molecular flexibility index (Phi) is 2.54. The summed E-state index contributed by atoms with van der Waals surface area (Å²) in [6, 6.07) is 7.56. The summed E-state index contributed by atoms with van der Waals surface area (Å²) in [5, 5.41) is 11.2. The van der Waals surface area contributed by atoms with Crippen molar-refractivity contribution in [3.05, 3.63) is 34.9 Å². The predicted octanol–water partition coefficient (Wildman–Crippen LogP) is 3.35. The van der Waals surface area contributed by atoms with Gasteiger partial charge in [-0.2, -0.15) is 0 Å². The first-order valence-corrected chi connectivity index (χ1v) is 5.49. The first-order chi connectivity index (χ1) is 6.63. The molecular weight excluding hydrogens is 196 g/mol. The number of halogens is 1. The van der Waals surface area contributed by atoms with Crippen LogP contribution in [0, 0.1) is 5.92 Å². The summed E-state index contributed by atoms with van der Waals surface area (Å²) >= 11 is 5.82. The van der Waals surface area contributed by atoms with Gasteiger partial charge in [-0.15, -0.1) is 0 Å². The fraction of sp³-hybridized carbons (Fsp3) is 0.500. The highest BCUT2D eigenvalue weighted by Gasteiger charge is 2.39. The van der Waals surface area contributed by atoms with E-state index in [4.69, 9.17) is 11.6 Å². The Morgan fingerprint density at radius 1 is 1.36 bits per heavy atom. The zero-order valence-corrected chi connectivity index (χ0v) is 9.09. The summed E-state index contributed by atoms with van der Waals surface area (Å²) in [5.74, 6) is 0.351. The van der Waals surface area contributed by atoms with Crippen molar-refractivity contribution in [1.29, 1.82) is 0 Å². The normalized spacial score (nSPS) is 32.1. The number of hydrogen-bond acceptors (Lipinski definition) is 1. The number of aliphatic hydroxyl groups is 1. The molecule has 0 amide bonds. The molecule has 1 N–H and O–H groups in total. The van der Waals surface area contributed by atoms with Gasteiger partial charge in [0.15, 0.2) is 0 Å². The zero-order valence-electron chi connectivity index (χ0n) is 8.33. The van der Waals surface area contributed by atoms with Gasteiger partial charge < -0.3 is 5.11 Å². The SMILES string of the molecule is C[C@H]1CCC[C@@]1(O)c1ccc(Cl)cc1. The molecule has 1 aliphatic rings. The highest BCUT2D eigenvalue weighted by atomic mass is 35.5. The quantitative estimate of drug-likeness (QED) is 0.754. The topological polar surface area (TPSA) is 20.2 Å². The molecule has 2 rings (SSSR count). The smallest absolute Gasteiger partial charge is 0.0921 e. The Morgan fingerprint density at radius 2 is 2.00 bits per heavy atom. The first kappa shape index (κ1) is 10.0. The van der Waals surface area contributed by atoms with Crippen LogP contribution >= 0.6 is 11.6 Å². The van der Waals surface area contributed by atoms with Gasteiger partial charge in [0.2, 0.25) is 0 Å². The maximum Gasteiger partial charge on any atom is 0.0921 e. The van der Waals surface area contributed by atoms with Crippen molar-refractivity contribution in [3.63, 3.8) is 0 Å². The third kappa shape index (κ3) is 1.55. The van der Waals surface area contributed by atoms with E-state index in [9.17, 15) is 5.11 Å². The molecule has 0 bridgehead atoms. The van der Waals surface area contributed by atoms with Crippen LogP contribution in [0.4, 0.5) is 0 Å².